The Morgan fingerprint density at radius 3 is 1.73 bits per heavy atom. The number of hydrogen-bond donors (Lipinski definition) is 7. The van der Waals surface area contributed by atoms with E-state index in [0.717, 1.165) is 25.3 Å². The first kappa shape index (κ1) is 36.9. The van der Waals surface area contributed by atoms with Crippen LogP contribution in [0.5, 0.6) is 11.5 Å². The van der Waals surface area contributed by atoms with E-state index in [-0.39, 0.29) is 16.8 Å². The van der Waals surface area contributed by atoms with Gasteiger partial charge in [0.25, 0.3) is 40.5 Å². The summed E-state index contributed by atoms with van der Waals surface area (Å²) in [5.41, 5.74) is 7.65. The summed E-state index contributed by atoms with van der Waals surface area (Å²) < 4.78 is 143. The number of nitrogens with two attached hydrogens (primary N) is 2. The Balaban J connectivity index is 1.82. The van der Waals surface area contributed by atoms with Gasteiger partial charge in [-0.3, -0.25) is 18.2 Å². The highest BCUT2D eigenvalue weighted by Crippen LogP contribution is 2.49. The van der Waals surface area contributed by atoms with E-state index in [2.05, 4.69) is 20.5 Å². The summed E-state index contributed by atoms with van der Waals surface area (Å²) in [6, 6.07) is 11.2. The molecule has 0 fully saturated rings. The zero-order valence-electron chi connectivity index (χ0n) is 25.3. The lowest BCUT2D eigenvalue weighted by Gasteiger charge is -2.14. The standard InChI is InChI=1S/C27H22N6O14S4/c1-47-18-11-19(48(35,36)37)17(10-15(18)28)31-32-24-20(49(38,39)40)8-13-9-21(50(41,42)43)25(26(34)22(13)23(24)29)33-30-16-7-6-12-4-2-3-5-14(12)27(16)51(44,45)46/h2-11,34H,28-29H2,1H3,(H,35,36,37)(H,38,39,40)(H,41,42,43)(H,44,45,46)/b32-31+,33-30+. The average molecular weight is 783 g/mol. The van der Waals surface area contributed by atoms with Crippen molar-refractivity contribution in [1.82, 2.24) is 0 Å². The highest BCUT2D eigenvalue weighted by atomic mass is 32.2. The van der Waals surface area contributed by atoms with Crippen molar-refractivity contribution in [1.29, 1.82) is 0 Å². The van der Waals surface area contributed by atoms with Gasteiger partial charge >= 0.3 is 0 Å². The van der Waals surface area contributed by atoms with Crippen molar-refractivity contribution in [2.24, 2.45) is 20.5 Å². The molecule has 0 radical (unpaired) electrons. The molecule has 0 bridgehead atoms. The first-order valence-corrected chi connectivity index (χ1v) is 19.1. The summed E-state index contributed by atoms with van der Waals surface area (Å²) >= 11 is 0. The third-order valence-corrected chi connectivity index (χ3v) is 10.7. The number of fused-ring (bicyclic) bond motifs is 2. The number of benzene rings is 5. The molecule has 0 atom stereocenters. The first-order chi connectivity index (χ1) is 23.5. The van der Waals surface area contributed by atoms with Gasteiger partial charge in [0.2, 0.25) is 0 Å². The van der Waals surface area contributed by atoms with Crippen LogP contribution >= 0.6 is 0 Å². The second-order valence-electron chi connectivity index (χ2n) is 10.3. The summed E-state index contributed by atoms with van der Waals surface area (Å²) in [6.07, 6.45) is 0. The molecule has 0 aromatic heterocycles. The summed E-state index contributed by atoms with van der Waals surface area (Å²) in [5.74, 6) is -1.42. The van der Waals surface area contributed by atoms with Gasteiger partial charge in [-0.05, 0) is 35.0 Å². The van der Waals surface area contributed by atoms with Gasteiger partial charge in [-0.25, -0.2) is 0 Å². The van der Waals surface area contributed by atoms with E-state index in [9.17, 15) is 57.0 Å². The monoisotopic (exact) mass is 782 g/mol. The molecule has 0 spiro atoms. The van der Waals surface area contributed by atoms with E-state index in [1.54, 1.807) is 6.07 Å². The number of phenols is 1. The van der Waals surface area contributed by atoms with E-state index >= 15 is 0 Å². The molecule has 0 aliphatic heterocycles. The second-order valence-corrected chi connectivity index (χ2v) is 15.8. The SMILES string of the molecule is COc1cc(S(=O)(=O)O)c(/N=N/c2c(S(=O)(=O)O)cc3cc(S(=O)(=O)O)c(/N=N/c4ccc5ccccc5c4S(=O)(=O)O)c(O)c3c2N)cc1N. The van der Waals surface area contributed by atoms with Gasteiger partial charge < -0.3 is 21.3 Å². The van der Waals surface area contributed by atoms with Crippen LogP contribution in [0.25, 0.3) is 21.5 Å². The number of nitrogen functional groups attached to an aromatic ring is 2. The highest BCUT2D eigenvalue weighted by molar-refractivity contribution is 7.86. The third-order valence-electron chi connectivity index (χ3n) is 7.09. The van der Waals surface area contributed by atoms with Crippen LogP contribution in [0.1, 0.15) is 0 Å². The quantitative estimate of drug-likeness (QED) is 0.0605. The number of phenolic OH excluding ortho intramolecular Hbond substituents is 1. The topological polar surface area (TPSA) is 348 Å². The van der Waals surface area contributed by atoms with Gasteiger partial charge in [0.05, 0.1) is 23.9 Å². The second kappa shape index (κ2) is 12.8. The third kappa shape index (κ3) is 7.14. The minimum atomic E-state index is -5.35. The van der Waals surface area contributed by atoms with E-state index in [1.165, 1.54) is 24.3 Å². The van der Waals surface area contributed by atoms with Gasteiger partial charge in [-0.2, -0.15) is 33.7 Å². The van der Waals surface area contributed by atoms with Gasteiger partial charge in [0.1, 0.15) is 48.1 Å². The van der Waals surface area contributed by atoms with E-state index in [4.69, 9.17) is 16.2 Å². The van der Waals surface area contributed by atoms with Crippen LogP contribution in [-0.4, -0.2) is 64.1 Å². The molecule has 51 heavy (non-hydrogen) atoms. The minimum Gasteiger partial charge on any atom is -0.505 e. The predicted molar refractivity (Wildman–Crippen MR) is 179 cm³/mol. The molecular formula is C27H22N6O14S4. The molecular weight excluding hydrogens is 761 g/mol. The fraction of sp³-hybridized carbons (Fsp3) is 0.0370. The molecule has 0 saturated carbocycles. The van der Waals surface area contributed by atoms with Crippen molar-refractivity contribution in [3.8, 4) is 11.5 Å². The van der Waals surface area contributed by atoms with Gasteiger partial charge in [-0.1, -0.05) is 30.3 Å². The molecule has 20 nitrogen and oxygen atoms in total. The van der Waals surface area contributed by atoms with Crippen LogP contribution in [0.2, 0.25) is 0 Å². The average Bonchev–Trinajstić information content (AvgIpc) is 3.01. The molecule has 268 valence electrons. The maximum absolute atomic E-state index is 12.4. The lowest BCUT2D eigenvalue weighted by Crippen LogP contribution is -2.04. The van der Waals surface area contributed by atoms with Gasteiger partial charge in [0.15, 0.2) is 5.75 Å². The summed E-state index contributed by atoms with van der Waals surface area (Å²) in [5, 5.41) is 25.0. The highest BCUT2D eigenvalue weighted by Gasteiger charge is 2.29. The normalized spacial score (nSPS) is 13.1. The molecule has 0 heterocycles. The Morgan fingerprint density at radius 1 is 0.608 bits per heavy atom. The maximum atomic E-state index is 12.4. The van der Waals surface area contributed by atoms with Crippen molar-refractivity contribution >= 4 is 96.1 Å². The zero-order chi connectivity index (χ0) is 37.8. The van der Waals surface area contributed by atoms with Crippen molar-refractivity contribution in [3.05, 3.63) is 60.7 Å². The molecule has 0 saturated heterocycles. The summed E-state index contributed by atoms with van der Waals surface area (Å²) in [4.78, 5) is -4.02. The van der Waals surface area contributed by atoms with E-state index in [1.807, 2.05) is 0 Å². The molecule has 0 aliphatic carbocycles. The molecule has 5 aromatic carbocycles. The maximum Gasteiger partial charge on any atom is 0.297 e. The van der Waals surface area contributed by atoms with Gasteiger partial charge in [-0.15, -0.1) is 20.5 Å². The number of rotatable bonds is 9. The predicted octanol–water partition coefficient (Wildman–Crippen LogP) is 4.69. The number of hydrogen-bond acceptors (Lipinski definition) is 16. The van der Waals surface area contributed by atoms with Gasteiger partial charge in [0, 0.05) is 11.5 Å². The Bertz CT molecular complexity index is 2830. The number of azo groups is 2. The van der Waals surface area contributed by atoms with E-state index in [0.29, 0.717) is 17.5 Å². The summed E-state index contributed by atoms with van der Waals surface area (Å²) in [7, 11) is -19.6. The smallest absolute Gasteiger partial charge is 0.297 e. The minimum absolute atomic E-state index is 0.0121. The van der Waals surface area contributed by atoms with Crippen molar-refractivity contribution < 1.29 is 61.7 Å². The Hall–Kier alpha value is -5.34. The van der Waals surface area contributed by atoms with E-state index < -0.39 is 105 Å². The van der Waals surface area contributed by atoms with Crippen LogP contribution < -0.4 is 16.2 Å². The molecule has 24 heteroatoms. The van der Waals surface area contributed by atoms with Crippen LogP contribution in [0.3, 0.4) is 0 Å². The number of anilines is 2. The van der Waals surface area contributed by atoms with Crippen LogP contribution in [-0.2, 0) is 40.5 Å². The van der Waals surface area contributed by atoms with Crippen molar-refractivity contribution in [2.45, 2.75) is 19.6 Å². The van der Waals surface area contributed by atoms with Crippen molar-refractivity contribution in [2.75, 3.05) is 18.6 Å². The Kier molecular flexibility index (Phi) is 9.24. The van der Waals surface area contributed by atoms with Crippen LogP contribution in [0.15, 0.2) is 101 Å². The Morgan fingerprint density at radius 2 is 1.16 bits per heavy atom. The largest absolute Gasteiger partial charge is 0.505 e. The van der Waals surface area contributed by atoms with Crippen molar-refractivity contribution in [3.63, 3.8) is 0 Å². The number of ether oxygens (including phenoxy) is 1. The molecule has 0 amide bonds. The lowest BCUT2D eigenvalue weighted by molar-refractivity contribution is 0.415. The van der Waals surface area contributed by atoms with Crippen LogP contribution in [0, 0.1) is 0 Å². The molecule has 9 N–H and O–H groups in total. The number of methoxy groups -OCH3 is 1. The number of aromatic hydroxyl groups is 1. The fourth-order valence-corrected chi connectivity index (χ4v) is 7.71. The molecule has 0 aliphatic rings. The molecule has 0 unspecified atom stereocenters. The van der Waals surface area contributed by atoms with Crippen LogP contribution in [0.4, 0.5) is 34.1 Å². The number of nitrogens with zero attached hydrogens (tertiary/aromatic N) is 4. The lowest BCUT2D eigenvalue weighted by atomic mass is 10.1. The first-order valence-electron chi connectivity index (χ1n) is 13.4. The summed E-state index contributed by atoms with van der Waals surface area (Å²) in [6.45, 7) is 0. The molecule has 5 rings (SSSR count). The zero-order valence-corrected chi connectivity index (χ0v) is 28.5. The molecule has 5 aromatic rings. The fourth-order valence-electron chi connectivity index (χ4n) is 4.92. The Labute approximate surface area is 287 Å².